The summed E-state index contributed by atoms with van der Waals surface area (Å²) in [6.45, 7) is 1.56. The minimum absolute atomic E-state index is 0.151. The molecule has 2 aromatic rings. The van der Waals surface area contributed by atoms with Gasteiger partial charge in [-0.15, -0.1) is 0 Å². The average Bonchev–Trinajstić information content (AvgIpc) is 3.14. The van der Waals surface area contributed by atoms with Crippen molar-refractivity contribution >= 4 is 27.8 Å². The van der Waals surface area contributed by atoms with E-state index in [-0.39, 0.29) is 23.3 Å². The number of nitrogens with one attached hydrogen (secondary N) is 1. The first-order chi connectivity index (χ1) is 12.3. The molecule has 3 rings (SSSR count). The van der Waals surface area contributed by atoms with E-state index in [1.165, 1.54) is 30.5 Å². The number of carbonyl (C=O) groups is 2. The Kier molecular flexibility index (Phi) is 4.96. The molecule has 2 heterocycles. The van der Waals surface area contributed by atoms with Gasteiger partial charge in [0.15, 0.2) is 5.76 Å². The highest BCUT2D eigenvalue weighted by atomic mass is 32.2. The summed E-state index contributed by atoms with van der Waals surface area (Å²) in [6, 6.07) is 8.96. The second kappa shape index (κ2) is 7.18. The molecule has 10 heteroatoms. The van der Waals surface area contributed by atoms with Crippen molar-refractivity contribution in [3.05, 3.63) is 54.0 Å². The highest BCUT2D eigenvalue weighted by Gasteiger charge is 2.26. The van der Waals surface area contributed by atoms with Crippen molar-refractivity contribution in [1.29, 1.82) is 0 Å². The van der Waals surface area contributed by atoms with Crippen LogP contribution < -0.4 is 4.72 Å². The average molecular weight is 379 g/mol. The molecule has 0 saturated carbocycles. The highest BCUT2D eigenvalue weighted by molar-refractivity contribution is 7.87. The van der Waals surface area contributed by atoms with Gasteiger partial charge in [0.1, 0.15) is 0 Å². The Labute approximate surface area is 150 Å². The van der Waals surface area contributed by atoms with Crippen LogP contribution >= 0.6 is 0 Å². The summed E-state index contributed by atoms with van der Waals surface area (Å²) < 4.78 is 37.3. The van der Waals surface area contributed by atoms with Crippen LogP contribution in [0.3, 0.4) is 0 Å². The van der Waals surface area contributed by atoms with Crippen LogP contribution in [-0.4, -0.2) is 60.8 Å². The summed E-state index contributed by atoms with van der Waals surface area (Å²) in [4.78, 5) is 28.0. The number of carbonyl (C=O) groups excluding carboxylic acids is 2. The first kappa shape index (κ1) is 18.0. The largest absolute Gasteiger partial charge is 0.459 e. The molecule has 1 aliphatic heterocycles. The van der Waals surface area contributed by atoms with E-state index < -0.39 is 10.3 Å². The number of nitrogens with zero attached hydrogens (tertiary/aromatic N) is 2. The van der Waals surface area contributed by atoms with Crippen LogP contribution in [0.1, 0.15) is 20.9 Å². The topological polar surface area (TPSA) is 120 Å². The van der Waals surface area contributed by atoms with Gasteiger partial charge in [0.05, 0.1) is 12.0 Å². The molecule has 2 N–H and O–H groups in total. The van der Waals surface area contributed by atoms with Crippen LogP contribution in [0.4, 0.5) is 5.69 Å². The normalized spacial score (nSPS) is 15.0. The summed E-state index contributed by atoms with van der Waals surface area (Å²) >= 11 is 0. The molecule has 0 bridgehead atoms. The Bertz CT molecular complexity index is 885. The molecule has 0 spiro atoms. The summed E-state index contributed by atoms with van der Waals surface area (Å²) in [7, 11) is -4.35. The van der Waals surface area contributed by atoms with Gasteiger partial charge >= 0.3 is 10.3 Å². The maximum atomic E-state index is 12.5. The Morgan fingerprint density at radius 3 is 2.04 bits per heavy atom. The van der Waals surface area contributed by atoms with E-state index in [1.54, 1.807) is 21.9 Å². The number of anilines is 1. The van der Waals surface area contributed by atoms with Crippen molar-refractivity contribution in [1.82, 2.24) is 9.80 Å². The van der Waals surface area contributed by atoms with Gasteiger partial charge in [-0.3, -0.25) is 18.9 Å². The molecular weight excluding hydrogens is 362 g/mol. The molecule has 9 nitrogen and oxygen atoms in total. The van der Waals surface area contributed by atoms with Gasteiger partial charge in [-0.1, -0.05) is 0 Å². The Morgan fingerprint density at radius 2 is 1.54 bits per heavy atom. The zero-order valence-electron chi connectivity index (χ0n) is 13.7. The van der Waals surface area contributed by atoms with E-state index in [1.807, 2.05) is 4.72 Å². The lowest BCUT2D eigenvalue weighted by molar-refractivity contribution is 0.0518. The predicted molar refractivity (Wildman–Crippen MR) is 92.1 cm³/mol. The van der Waals surface area contributed by atoms with Gasteiger partial charge in [-0.2, -0.15) is 8.42 Å². The lowest BCUT2D eigenvalue weighted by Gasteiger charge is -2.34. The molecule has 0 radical (unpaired) electrons. The number of benzene rings is 1. The molecule has 0 unspecified atom stereocenters. The Hall–Kier alpha value is -2.85. The fourth-order valence-electron chi connectivity index (χ4n) is 2.68. The standard InChI is InChI=1S/C16H17N3O6S/c20-15(12-3-5-13(6-4-12)17-26(22,23)24)18-7-9-19(10-8-18)16(21)14-2-1-11-25-14/h1-6,11,17H,7-10H2,(H,22,23,24). The third kappa shape index (κ3) is 4.21. The second-order valence-electron chi connectivity index (χ2n) is 5.72. The number of hydrogen-bond donors (Lipinski definition) is 2. The van der Waals surface area contributed by atoms with Crippen LogP contribution in [0.15, 0.2) is 47.1 Å². The monoisotopic (exact) mass is 379 g/mol. The Morgan fingerprint density at radius 1 is 0.962 bits per heavy atom. The highest BCUT2D eigenvalue weighted by Crippen LogP contribution is 2.15. The van der Waals surface area contributed by atoms with Crippen molar-refractivity contribution in [2.75, 3.05) is 30.9 Å². The summed E-state index contributed by atoms with van der Waals surface area (Å²) in [5.74, 6) is -0.150. The number of piperazine rings is 1. The summed E-state index contributed by atoms with van der Waals surface area (Å²) in [5.41, 5.74) is 0.537. The zero-order valence-corrected chi connectivity index (χ0v) is 14.5. The zero-order chi connectivity index (χ0) is 18.7. The quantitative estimate of drug-likeness (QED) is 0.768. The number of amides is 2. The molecular formula is C16H17N3O6S. The molecule has 0 aliphatic carbocycles. The number of rotatable bonds is 4. The van der Waals surface area contributed by atoms with E-state index >= 15 is 0 Å². The van der Waals surface area contributed by atoms with Crippen LogP contribution in [0.2, 0.25) is 0 Å². The van der Waals surface area contributed by atoms with Gasteiger partial charge in [0.2, 0.25) is 0 Å². The molecule has 1 aliphatic rings. The fourth-order valence-corrected chi connectivity index (χ4v) is 3.12. The lowest BCUT2D eigenvalue weighted by Crippen LogP contribution is -2.50. The fraction of sp³-hybridized carbons (Fsp3) is 0.250. The SMILES string of the molecule is O=C(c1ccc(NS(=O)(=O)O)cc1)N1CCN(C(=O)c2ccco2)CC1. The smallest absolute Gasteiger partial charge is 0.357 e. The number of furan rings is 1. The van der Waals surface area contributed by atoms with E-state index in [0.29, 0.717) is 31.7 Å². The molecule has 1 fully saturated rings. The van der Waals surface area contributed by atoms with E-state index in [4.69, 9.17) is 8.97 Å². The third-order valence-electron chi connectivity index (χ3n) is 3.96. The van der Waals surface area contributed by atoms with Gasteiger partial charge < -0.3 is 14.2 Å². The maximum absolute atomic E-state index is 12.5. The molecule has 0 atom stereocenters. The van der Waals surface area contributed by atoms with Crippen LogP contribution in [-0.2, 0) is 10.3 Å². The summed E-state index contributed by atoms with van der Waals surface area (Å²) in [5, 5.41) is 0. The van der Waals surface area contributed by atoms with Crippen molar-refractivity contribution in [2.24, 2.45) is 0 Å². The predicted octanol–water partition coefficient (Wildman–Crippen LogP) is 1.09. The minimum Gasteiger partial charge on any atom is -0.459 e. The Balaban J connectivity index is 1.59. The molecule has 26 heavy (non-hydrogen) atoms. The molecule has 1 saturated heterocycles. The van der Waals surface area contributed by atoms with Crippen molar-refractivity contribution in [3.63, 3.8) is 0 Å². The van der Waals surface area contributed by atoms with Crippen molar-refractivity contribution < 1.29 is 27.0 Å². The minimum atomic E-state index is -4.35. The first-order valence-corrected chi connectivity index (χ1v) is 9.25. The van der Waals surface area contributed by atoms with Gasteiger partial charge in [-0.25, -0.2) is 0 Å². The maximum Gasteiger partial charge on any atom is 0.357 e. The van der Waals surface area contributed by atoms with Crippen LogP contribution in [0.5, 0.6) is 0 Å². The molecule has 1 aromatic carbocycles. The lowest BCUT2D eigenvalue weighted by atomic mass is 10.1. The third-order valence-corrected chi connectivity index (χ3v) is 4.46. The molecule has 2 amide bonds. The van der Waals surface area contributed by atoms with Gasteiger partial charge in [-0.05, 0) is 36.4 Å². The second-order valence-corrected chi connectivity index (χ2v) is 6.87. The molecule has 138 valence electrons. The number of hydrogen-bond acceptors (Lipinski definition) is 5. The van der Waals surface area contributed by atoms with Gasteiger partial charge in [0, 0.05) is 31.7 Å². The van der Waals surface area contributed by atoms with Crippen LogP contribution in [0.25, 0.3) is 0 Å². The molecule has 1 aromatic heterocycles. The van der Waals surface area contributed by atoms with E-state index in [9.17, 15) is 18.0 Å². The van der Waals surface area contributed by atoms with Crippen molar-refractivity contribution in [3.8, 4) is 0 Å². The van der Waals surface area contributed by atoms with E-state index in [2.05, 4.69) is 0 Å². The van der Waals surface area contributed by atoms with E-state index in [0.717, 1.165) is 0 Å². The first-order valence-electron chi connectivity index (χ1n) is 7.81. The van der Waals surface area contributed by atoms with Crippen molar-refractivity contribution in [2.45, 2.75) is 0 Å². The van der Waals surface area contributed by atoms with Gasteiger partial charge in [0.25, 0.3) is 11.8 Å². The van der Waals surface area contributed by atoms with Crippen LogP contribution in [0, 0.1) is 0 Å². The summed E-state index contributed by atoms with van der Waals surface area (Å²) in [6.07, 6.45) is 1.44.